The van der Waals surface area contributed by atoms with Crippen LogP contribution in [0.2, 0.25) is 10.0 Å². The standard InChI is InChI=1S/C8H5Cl3O/c1-4-2-5(8(11)12)7(10)6(9)3-4/h2-3H,1H3. The molecule has 0 radical (unpaired) electrons. The van der Waals surface area contributed by atoms with Crippen LogP contribution in [0.1, 0.15) is 15.9 Å². The lowest BCUT2D eigenvalue weighted by molar-refractivity contribution is 0.108. The van der Waals surface area contributed by atoms with E-state index in [0.717, 1.165) is 5.56 Å². The number of rotatable bonds is 1. The third-order valence-corrected chi connectivity index (χ3v) is 2.39. The summed E-state index contributed by atoms with van der Waals surface area (Å²) in [6.45, 7) is 1.81. The highest BCUT2D eigenvalue weighted by atomic mass is 35.5. The molecule has 0 N–H and O–H groups in total. The van der Waals surface area contributed by atoms with Crippen LogP contribution < -0.4 is 0 Å². The summed E-state index contributed by atoms with van der Waals surface area (Å²) in [6.07, 6.45) is 0. The molecule has 0 bridgehead atoms. The predicted molar refractivity (Wildman–Crippen MR) is 51.4 cm³/mol. The molecular formula is C8H5Cl3O. The molecule has 0 aliphatic carbocycles. The largest absolute Gasteiger partial charge is 0.276 e. The second-order valence-corrected chi connectivity index (χ2v) is 3.51. The normalized spacial score (nSPS) is 10.0. The highest BCUT2D eigenvalue weighted by Gasteiger charge is 2.10. The quantitative estimate of drug-likeness (QED) is 0.664. The van der Waals surface area contributed by atoms with Crippen molar-refractivity contribution in [3.05, 3.63) is 33.3 Å². The van der Waals surface area contributed by atoms with Crippen LogP contribution in [0.4, 0.5) is 0 Å². The average molecular weight is 223 g/mol. The lowest BCUT2D eigenvalue weighted by Gasteiger charge is -2.02. The van der Waals surface area contributed by atoms with Gasteiger partial charge in [0.25, 0.3) is 5.24 Å². The first kappa shape index (κ1) is 9.85. The fraction of sp³-hybridized carbons (Fsp3) is 0.125. The van der Waals surface area contributed by atoms with Crippen LogP contribution in [-0.4, -0.2) is 5.24 Å². The zero-order chi connectivity index (χ0) is 9.30. The molecule has 1 nitrogen and oxygen atoms in total. The van der Waals surface area contributed by atoms with E-state index in [-0.39, 0.29) is 10.6 Å². The Labute approximate surface area is 85.2 Å². The van der Waals surface area contributed by atoms with E-state index in [0.29, 0.717) is 5.02 Å². The zero-order valence-electron chi connectivity index (χ0n) is 6.20. The molecule has 0 aliphatic rings. The van der Waals surface area contributed by atoms with Crippen molar-refractivity contribution in [3.63, 3.8) is 0 Å². The van der Waals surface area contributed by atoms with Crippen LogP contribution in [0.5, 0.6) is 0 Å². The van der Waals surface area contributed by atoms with Gasteiger partial charge in [-0.3, -0.25) is 4.79 Å². The minimum Gasteiger partial charge on any atom is -0.276 e. The molecule has 0 saturated heterocycles. The monoisotopic (exact) mass is 222 g/mol. The van der Waals surface area contributed by atoms with Crippen molar-refractivity contribution in [3.8, 4) is 0 Å². The molecule has 1 aromatic carbocycles. The lowest BCUT2D eigenvalue weighted by Crippen LogP contribution is -1.91. The zero-order valence-corrected chi connectivity index (χ0v) is 8.46. The minimum atomic E-state index is -0.592. The molecule has 0 atom stereocenters. The summed E-state index contributed by atoms with van der Waals surface area (Å²) >= 11 is 16.7. The maximum Gasteiger partial charge on any atom is 0.253 e. The van der Waals surface area contributed by atoms with Crippen molar-refractivity contribution in [2.24, 2.45) is 0 Å². The molecule has 0 heterocycles. The van der Waals surface area contributed by atoms with E-state index in [1.807, 2.05) is 6.92 Å². The summed E-state index contributed by atoms with van der Waals surface area (Å²) in [5.74, 6) is 0. The van der Waals surface area contributed by atoms with E-state index in [1.54, 1.807) is 12.1 Å². The maximum atomic E-state index is 10.8. The van der Waals surface area contributed by atoms with E-state index >= 15 is 0 Å². The van der Waals surface area contributed by atoms with Crippen molar-refractivity contribution in [1.29, 1.82) is 0 Å². The smallest absolute Gasteiger partial charge is 0.253 e. The van der Waals surface area contributed by atoms with E-state index in [2.05, 4.69) is 0 Å². The van der Waals surface area contributed by atoms with Gasteiger partial charge in [0.1, 0.15) is 0 Å². The molecule has 4 heteroatoms. The Bertz CT molecular complexity index is 333. The number of carbonyl (C=O) groups is 1. The van der Waals surface area contributed by atoms with Gasteiger partial charge in [0.15, 0.2) is 0 Å². The minimum absolute atomic E-state index is 0.210. The number of halogens is 3. The number of benzene rings is 1. The van der Waals surface area contributed by atoms with Crippen LogP contribution >= 0.6 is 34.8 Å². The first-order valence-electron chi connectivity index (χ1n) is 3.18. The van der Waals surface area contributed by atoms with Gasteiger partial charge >= 0.3 is 0 Å². The summed E-state index contributed by atoms with van der Waals surface area (Å²) in [5.41, 5.74) is 1.11. The maximum absolute atomic E-state index is 10.8. The molecule has 0 amide bonds. The van der Waals surface area contributed by atoms with Gasteiger partial charge in [-0.15, -0.1) is 0 Å². The van der Waals surface area contributed by atoms with Crippen LogP contribution in [0.25, 0.3) is 0 Å². The first-order valence-corrected chi connectivity index (χ1v) is 4.31. The van der Waals surface area contributed by atoms with Crippen molar-refractivity contribution >= 4 is 40.0 Å². The van der Waals surface area contributed by atoms with E-state index in [1.165, 1.54) is 0 Å². The Balaban J connectivity index is 3.37. The van der Waals surface area contributed by atoms with Crippen LogP contribution in [0, 0.1) is 6.92 Å². The molecule has 0 saturated carbocycles. The molecular weight excluding hydrogens is 218 g/mol. The van der Waals surface area contributed by atoms with Crippen LogP contribution in [0.3, 0.4) is 0 Å². The molecule has 0 aliphatic heterocycles. The van der Waals surface area contributed by atoms with Crippen molar-refractivity contribution in [2.45, 2.75) is 6.92 Å². The number of hydrogen-bond acceptors (Lipinski definition) is 1. The van der Waals surface area contributed by atoms with Gasteiger partial charge in [-0.2, -0.15) is 0 Å². The third-order valence-electron chi connectivity index (χ3n) is 1.38. The summed E-state index contributed by atoms with van der Waals surface area (Å²) in [4.78, 5) is 10.8. The van der Waals surface area contributed by atoms with E-state index in [9.17, 15) is 4.79 Å². The van der Waals surface area contributed by atoms with E-state index < -0.39 is 5.24 Å². The SMILES string of the molecule is Cc1cc(Cl)c(Cl)c(C(=O)Cl)c1. The summed E-state index contributed by atoms with van der Waals surface area (Å²) in [7, 11) is 0. The van der Waals surface area contributed by atoms with Gasteiger partial charge in [0, 0.05) is 0 Å². The van der Waals surface area contributed by atoms with Gasteiger partial charge in [-0.25, -0.2) is 0 Å². The lowest BCUT2D eigenvalue weighted by atomic mass is 10.1. The van der Waals surface area contributed by atoms with Crippen molar-refractivity contribution < 1.29 is 4.79 Å². The molecule has 0 spiro atoms. The fourth-order valence-electron chi connectivity index (χ4n) is 0.868. The summed E-state index contributed by atoms with van der Waals surface area (Å²) < 4.78 is 0. The Morgan fingerprint density at radius 3 is 2.42 bits per heavy atom. The van der Waals surface area contributed by atoms with Crippen LogP contribution in [-0.2, 0) is 0 Å². The number of carbonyl (C=O) groups excluding carboxylic acids is 1. The Morgan fingerprint density at radius 1 is 1.33 bits per heavy atom. The molecule has 1 aromatic rings. The van der Waals surface area contributed by atoms with Gasteiger partial charge < -0.3 is 0 Å². The van der Waals surface area contributed by atoms with E-state index in [4.69, 9.17) is 34.8 Å². The number of hydrogen-bond donors (Lipinski definition) is 0. The highest BCUT2D eigenvalue weighted by Crippen LogP contribution is 2.28. The Hall–Kier alpha value is -0.240. The molecule has 0 unspecified atom stereocenters. The first-order chi connectivity index (χ1) is 5.52. The second kappa shape index (κ2) is 3.65. The summed E-state index contributed by atoms with van der Waals surface area (Å²) in [6, 6.07) is 3.27. The molecule has 1 rings (SSSR count). The molecule has 12 heavy (non-hydrogen) atoms. The average Bonchev–Trinajstić information content (AvgIpc) is 1.96. The molecule has 0 fully saturated rings. The van der Waals surface area contributed by atoms with Crippen molar-refractivity contribution in [2.75, 3.05) is 0 Å². The molecule has 64 valence electrons. The third kappa shape index (κ3) is 1.92. The van der Waals surface area contributed by atoms with Gasteiger partial charge in [0.05, 0.1) is 15.6 Å². The predicted octanol–water partition coefficient (Wildman–Crippen LogP) is 3.68. The molecule has 0 aromatic heterocycles. The van der Waals surface area contributed by atoms with Gasteiger partial charge in [-0.05, 0) is 36.2 Å². The second-order valence-electron chi connectivity index (χ2n) is 2.38. The highest BCUT2D eigenvalue weighted by molar-refractivity contribution is 6.69. The van der Waals surface area contributed by atoms with Gasteiger partial charge in [0.2, 0.25) is 0 Å². The number of aryl methyl sites for hydroxylation is 1. The van der Waals surface area contributed by atoms with Crippen LogP contribution in [0.15, 0.2) is 12.1 Å². The van der Waals surface area contributed by atoms with Gasteiger partial charge in [-0.1, -0.05) is 23.2 Å². The summed E-state index contributed by atoms with van der Waals surface area (Å²) in [5, 5.41) is -0.0338. The van der Waals surface area contributed by atoms with Crippen molar-refractivity contribution in [1.82, 2.24) is 0 Å². The fourth-order valence-corrected chi connectivity index (χ4v) is 1.53. The topological polar surface area (TPSA) is 17.1 Å². The Kier molecular flexibility index (Phi) is 2.99. The Morgan fingerprint density at radius 2 is 1.92 bits per heavy atom.